The van der Waals surface area contributed by atoms with Crippen molar-refractivity contribution in [1.82, 2.24) is 8.61 Å². The number of aliphatic hydroxyl groups is 1. The molecule has 3 rings (SSSR count). The maximum atomic E-state index is 12.9. The first-order chi connectivity index (χ1) is 11.1. The molecule has 0 amide bonds. The highest BCUT2D eigenvalue weighted by atomic mass is 32.2. The lowest BCUT2D eigenvalue weighted by Crippen LogP contribution is -2.48. The van der Waals surface area contributed by atoms with Gasteiger partial charge in [0.1, 0.15) is 0 Å². The lowest BCUT2D eigenvalue weighted by Gasteiger charge is -2.33. The Kier molecular flexibility index (Phi) is 5.36. The van der Waals surface area contributed by atoms with Crippen molar-refractivity contribution < 1.29 is 13.5 Å². The molecule has 128 valence electrons. The predicted molar refractivity (Wildman–Crippen MR) is 90.1 cm³/mol. The highest BCUT2D eigenvalue weighted by Crippen LogP contribution is 2.31. The smallest absolute Gasteiger partial charge is 0.282 e. The zero-order valence-corrected chi connectivity index (χ0v) is 14.3. The van der Waals surface area contributed by atoms with Gasteiger partial charge in [-0.15, -0.1) is 0 Å². The second kappa shape index (κ2) is 7.30. The van der Waals surface area contributed by atoms with Crippen molar-refractivity contribution in [1.29, 1.82) is 0 Å². The van der Waals surface area contributed by atoms with E-state index in [2.05, 4.69) is 0 Å². The summed E-state index contributed by atoms with van der Waals surface area (Å²) in [6, 6.07) is 9.40. The molecule has 0 bridgehead atoms. The van der Waals surface area contributed by atoms with Gasteiger partial charge in [0.2, 0.25) is 0 Å². The quantitative estimate of drug-likeness (QED) is 0.896. The molecule has 2 aliphatic heterocycles. The number of hydrogen-bond donors (Lipinski definition) is 1. The summed E-state index contributed by atoms with van der Waals surface area (Å²) in [6.07, 6.45) is 4.57. The number of hydrogen-bond acceptors (Lipinski definition) is 3. The molecule has 0 spiro atoms. The van der Waals surface area contributed by atoms with Gasteiger partial charge in [0.25, 0.3) is 10.2 Å². The highest BCUT2D eigenvalue weighted by Gasteiger charge is 2.39. The third-order valence-corrected chi connectivity index (χ3v) is 7.03. The lowest BCUT2D eigenvalue weighted by atomic mass is 10.0. The summed E-state index contributed by atoms with van der Waals surface area (Å²) in [5.41, 5.74) is 0.856. The SMILES string of the molecule is O=S(=O)(N1CCCCC1)N1CCCC1CC(O)c1ccccc1. The molecule has 2 fully saturated rings. The van der Waals surface area contributed by atoms with Gasteiger partial charge in [0.05, 0.1) is 6.10 Å². The molecular weight excluding hydrogens is 312 g/mol. The highest BCUT2D eigenvalue weighted by molar-refractivity contribution is 7.86. The second-order valence-electron chi connectivity index (χ2n) is 6.54. The molecule has 0 aliphatic carbocycles. The van der Waals surface area contributed by atoms with Crippen molar-refractivity contribution in [3.05, 3.63) is 35.9 Å². The number of piperidine rings is 1. The fourth-order valence-electron chi connectivity index (χ4n) is 3.66. The van der Waals surface area contributed by atoms with Crippen LogP contribution in [-0.4, -0.2) is 47.8 Å². The predicted octanol–water partition coefficient (Wildman–Crippen LogP) is 2.31. The minimum Gasteiger partial charge on any atom is -0.388 e. The van der Waals surface area contributed by atoms with Gasteiger partial charge in [-0.1, -0.05) is 36.8 Å². The fraction of sp³-hybridized carbons (Fsp3) is 0.647. The van der Waals surface area contributed by atoms with Crippen LogP contribution < -0.4 is 0 Å². The zero-order valence-electron chi connectivity index (χ0n) is 13.5. The zero-order chi connectivity index (χ0) is 16.3. The number of benzene rings is 1. The summed E-state index contributed by atoms with van der Waals surface area (Å²) in [5.74, 6) is 0. The van der Waals surface area contributed by atoms with E-state index in [0.717, 1.165) is 37.7 Å². The van der Waals surface area contributed by atoms with Crippen LogP contribution >= 0.6 is 0 Å². The van der Waals surface area contributed by atoms with E-state index in [0.29, 0.717) is 26.1 Å². The maximum Gasteiger partial charge on any atom is 0.282 e. The van der Waals surface area contributed by atoms with Gasteiger partial charge < -0.3 is 5.11 Å². The van der Waals surface area contributed by atoms with E-state index in [4.69, 9.17) is 0 Å². The van der Waals surface area contributed by atoms with E-state index in [9.17, 15) is 13.5 Å². The van der Waals surface area contributed by atoms with E-state index < -0.39 is 16.3 Å². The standard InChI is InChI=1S/C17H26N2O3S/c20-17(15-8-3-1-4-9-15)14-16-10-7-13-19(16)23(21,22)18-11-5-2-6-12-18/h1,3-4,8-9,16-17,20H,2,5-7,10-14H2. The summed E-state index contributed by atoms with van der Waals surface area (Å²) in [5, 5.41) is 10.4. The van der Waals surface area contributed by atoms with Crippen LogP contribution in [0.1, 0.15) is 50.2 Å². The lowest BCUT2D eigenvalue weighted by molar-refractivity contribution is 0.140. The Morgan fingerprint density at radius 2 is 1.74 bits per heavy atom. The summed E-state index contributed by atoms with van der Waals surface area (Å²) < 4.78 is 29.0. The molecule has 2 aliphatic rings. The van der Waals surface area contributed by atoms with Crippen LogP contribution in [0.15, 0.2) is 30.3 Å². The van der Waals surface area contributed by atoms with Gasteiger partial charge >= 0.3 is 0 Å². The molecule has 2 atom stereocenters. The van der Waals surface area contributed by atoms with Crippen molar-refractivity contribution in [3.63, 3.8) is 0 Å². The van der Waals surface area contributed by atoms with Crippen LogP contribution in [0, 0.1) is 0 Å². The van der Waals surface area contributed by atoms with Crippen molar-refractivity contribution >= 4 is 10.2 Å². The molecule has 2 saturated heterocycles. The van der Waals surface area contributed by atoms with Gasteiger partial charge in [-0.3, -0.25) is 0 Å². The summed E-state index contributed by atoms with van der Waals surface area (Å²) in [7, 11) is -3.38. The van der Waals surface area contributed by atoms with Gasteiger partial charge in [-0.2, -0.15) is 17.0 Å². The van der Waals surface area contributed by atoms with Crippen LogP contribution in [0.2, 0.25) is 0 Å². The summed E-state index contributed by atoms with van der Waals surface area (Å²) >= 11 is 0. The van der Waals surface area contributed by atoms with E-state index in [1.807, 2.05) is 30.3 Å². The normalized spacial score (nSPS) is 25.5. The molecule has 0 radical (unpaired) electrons. The van der Waals surface area contributed by atoms with Crippen molar-refractivity contribution in [2.45, 2.75) is 50.7 Å². The minimum absolute atomic E-state index is 0.0999. The monoisotopic (exact) mass is 338 g/mol. The molecule has 0 aromatic heterocycles. The molecule has 5 nitrogen and oxygen atoms in total. The van der Waals surface area contributed by atoms with Gasteiger partial charge in [-0.25, -0.2) is 0 Å². The van der Waals surface area contributed by atoms with E-state index in [1.165, 1.54) is 0 Å². The Hall–Kier alpha value is -0.950. The second-order valence-corrected chi connectivity index (χ2v) is 8.42. The largest absolute Gasteiger partial charge is 0.388 e. The van der Waals surface area contributed by atoms with E-state index in [1.54, 1.807) is 8.61 Å². The van der Waals surface area contributed by atoms with Gasteiger partial charge in [0, 0.05) is 25.7 Å². The third-order valence-electron chi connectivity index (χ3n) is 4.94. The van der Waals surface area contributed by atoms with Crippen LogP contribution in [0.4, 0.5) is 0 Å². The van der Waals surface area contributed by atoms with Crippen molar-refractivity contribution in [3.8, 4) is 0 Å². The maximum absolute atomic E-state index is 12.9. The number of nitrogens with zero attached hydrogens (tertiary/aromatic N) is 2. The van der Waals surface area contributed by atoms with Crippen molar-refractivity contribution in [2.24, 2.45) is 0 Å². The van der Waals surface area contributed by atoms with E-state index in [-0.39, 0.29) is 6.04 Å². The van der Waals surface area contributed by atoms with Crippen LogP contribution in [0.3, 0.4) is 0 Å². The average Bonchev–Trinajstić information content (AvgIpc) is 3.05. The average molecular weight is 338 g/mol. The molecular formula is C17H26N2O3S. The molecule has 1 aromatic carbocycles. The Morgan fingerprint density at radius 3 is 2.43 bits per heavy atom. The summed E-state index contributed by atoms with van der Waals surface area (Å²) in [4.78, 5) is 0. The Balaban J connectivity index is 1.70. The molecule has 6 heteroatoms. The number of aliphatic hydroxyl groups excluding tert-OH is 1. The van der Waals surface area contributed by atoms with Gasteiger partial charge in [0.15, 0.2) is 0 Å². The molecule has 0 saturated carbocycles. The molecule has 1 aromatic rings. The van der Waals surface area contributed by atoms with Gasteiger partial charge in [-0.05, 0) is 37.7 Å². The first kappa shape index (κ1) is 16.9. The Labute approximate surface area is 139 Å². The van der Waals surface area contributed by atoms with Crippen LogP contribution in [0.5, 0.6) is 0 Å². The molecule has 2 unspecified atom stereocenters. The van der Waals surface area contributed by atoms with Crippen LogP contribution in [-0.2, 0) is 10.2 Å². The summed E-state index contributed by atoms with van der Waals surface area (Å²) in [6.45, 7) is 1.84. The first-order valence-corrected chi connectivity index (χ1v) is 9.98. The van der Waals surface area contributed by atoms with E-state index >= 15 is 0 Å². The molecule has 2 heterocycles. The number of rotatable bonds is 5. The van der Waals surface area contributed by atoms with Crippen LogP contribution in [0.25, 0.3) is 0 Å². The minimum atomic E-state index is -3.38. The third kappa shape index (κ3) is 3.76. The Morgan fingerprint density at radius 1 is 1.04 bits per heavy atom. The first-order valence-electron chi connectivity index (χ1n) is 8.59. The molecule has 1 N–H and O–H groups in total. The van der Waals surface area contributed by atoms with Crippen molar-refractivity contribution in [2.75, 3.05) is 19.6 Å². The molecule has 23 heavy (non-hydrogen) atoms. The Bertz CT molecular complexity index is 600. The topological polar surface area (TPSA) is 60.9 Å². The fourth-order valence-corrected chi connectivity index (χ4v) is 5.61.